The minimum Gasteiger partial charge on any atom is -0.499 e. The Balaban J connectivity index is 0. The van der Waals surface area contributed by atoms with Crippen LogP contribution in [-0.2, 0) is 14.2 Å². The summed E-state index contributed by atoms with van der Waals surface area (Å²) in [4.78, 5) is 0. The Kier molecular flexibility index (Phi) is 19.8. The fraction of sp³-hybridized carbons (Fsp3) is 0.600. The predicted octanol–water partition coefficient (Wildman–Crippen LogP) is 1.32. The molecule has 84 valence electrons. The highest BCUT2D eigenvalue weighted by Crippen LogP contribution is 1.80. The molecule has 0 saturated heterocycles. The Labute approximate surface area is 85.8 Å². The molecule has 0 saturated carbocycles. The summed E-state index contributed by atoms with van der Waals surface area (Å²) < 4.78 is 14.7. The molecule has 4 nitrogen and oxygen atoms in total. The van der Waals surface area contributed by atoms with Crippen LogP contribution in [0.2, 0.25) is 0 Å². The predicted molar refractivity (Wildman–Crippen MR) is 55.9 cm³/mol. The summed E-state index contributed by atoms with van der Waals surface area (Å²) in [6, 6.07) is 0. The van der Waals surface area contributed by atoms with Crippen LogP contribution in [-0.4, -0.2) is 38.1 Å². The molecule has 0 fully saturated rings. The second kappa shape index (κ2) is 17.9. The molecule has 0 aromatic rings. The van der Waals surface area contributed by atoms with E-state index in [9.17, 15) is 0 Å². The van der Waals surface area contributed by atoms with E-state index in [0.29, 0.717) is 26.4 Å². The summed E-state index contributed by atoms with van der Waals surface area (Å²) in [7, 11) is 0. The summed E-state index contributed by atoms with van der Waals surface area (Å²) in [5.41, 5.74) is 0. The van der Waals surface area contributed by atoms with Gasteiger partial charge in [-0.1, -0.05) is 13.2 Å². The van der Waals surface area contributed by atoms with E-state index >= 15 is 0 Å². The van der Waals surface area contributed by atoms with E-state index < -0.39 is 0 Å². The standard InChI is InChI=1S/C8H14O3.C2H6O/c1-3-9-5-7-11-8-6-10-4-2;1-2-3/h3-4H,1-2,5-8H2;3H,2H2,1H3. The molecule has 0 aliphatic heterocycles. The smallest absolute Gasteiger partial charge is 0.111 e. The molecular weight excluding hydrogens is 184 g/mol. The molecular formula is C10H20O4. The molecule has 0 spiro atoms. The van der Waals surface area contributed by atoms with Crippen molar-refractivity contribution in [2.75, 3.05) is 33.0 Å². The monoisotopic (exact) mass is 204 g/mol. The van der Waals surface area contributed by atoms with Crippen molar-refractivity contribution in [2.45, 2.75) is 6.92 Å². The lowest BCUT2D eigenvalue weighted by molar-refractivity contribution is 0.0560. The van der Waals surface area contributed by atoms with Crippen LogP contribution in [0.4, 0.5) is 0 Å². The van der Waals surface area contributed by atoms with Crippen molar-refractivity contribution in [3.8, 4) is 0 Å². The molecule has 0 amide bonds. The number of ether oxygens (including phenoxy) is 3. The number of aliphatic hydroxyl groups is 1. The van der Waals surface area contributed by atoms with E-state index in [1.54, 1.807) is 6.92 Å². The third-order valence-electron chi connectivity index (χ3n) is 0.927. The molecule has 4 heteroatoms. The van der Waals surface area contributed by atoms with Gasteiger partial charge in [0.2, 0.25) is 0 Å². The van der Waals surface area contributed by atoms with Gasteiger partial charge >= 0.3 is 0 Å². The van der Waals surface area contributed by atoms with Gasteiger partial charge in [-0.05, 0) is 6.92 Å². The Morgan fingerprint density at radius 2 is 1.36 bits per heavy atom. The third-order valence-corrected chi connectivity index (χ3v) is 0.927. The molecule has 0 rings (SSSR count). The van der Waals surface area contributed by atoms with Crippen LogP contribution in [0, 0.1) is 0 Å². The quantitative estimate of drug-likeness (QED) is 0.478. The summed E-state index contributed by atoms with van der Waals surface area (Å²) in [5.74, 6) is 0. The van der Waals surface area contributed by atoms with E-state index in [1.165, 1.54) is 12.5 Å². The van der Waals surface area contributed by atoms with Gasteiger partial charge in [-0.2, -0.15) is 0 Å². The first kappa shape index (κ1) is 15.5. The zero-order valence-electron chi connectivity index (χ0n) is 8.78. The van der Waals surface area contributed by atoms with Crippen molar-refractivity contribution < 1.29 is 19.3 Å². The van der Waals surface area contributed by atoms with Gasteiger partial charge in [-0.25, -0.2) is 0 Å². The van der Waals surface area contributed by atoms with Crippen LogP contribution < -0.4 is 0 Å². The first-order valence-corrected chi connectivity index (χ1v) is 4.47. The van der Waals surface area contributed by atoms with Crippen LogP contribution >= 0.6 is 0 Å². The summed E-state index contributed by atoms with van der Waals surface area (Å²) in [6.07, 6.45) is 2.78. The lowest BCUT2D eigenvalue weighted by Gasteiger charge is -2.02. The molecule has 0 heterocycles. The van der Waals surface area contributed by atoms with Crippen molar-refractivity contribution in [3.05, 3.63) is 25.7 Å². The van der Waals surface area contributed by atoms with Gasteiger partial charge in [0.15, 0.2) is 0 Å². The van der Waals surface area contributed by atoms with E-state index in [-0.39, 0.29) is 6.61 Å². The summed E-state index contributed by atoms with van der Waals surface area (Å²) in [5, 5.41) is 7.57. The fourth-order valence-corrected chi connectivity index (χ4v) is 0.483. The molecule has 0 atom stereocenters. The molecule has 0 radical (unpaired) electrons. The Morgan fingerprint density at radius 3 is 1.64 bits per heavy atom. The van der Waals surface area contributed by atoms with Crippen molar-refractivity contribution in [2.24, 2.45) is 0 Å². The topological polar surface area (TPSA) is 47.9 Å². The van der Waals surface area contributed by atoms with Crippen LogP contribution in [0.25, 0.3) is 0 Å². The second-order valence-corrected chi connectivity index (χ2v) is 2.00. The normalized spacial score (nSPS) is 8.14. The Bertz CT molecular complexity index is 103. The fourth-order valence-electron chi connectivity index (χ4n) is 0.483. The lowest BCUT2D eigenvalue weighted by atomic mass is 10.7. The van der Waals surface area contributed by atoms with Gasteiger partial charge in [-0.3, -0.25) is 0 Å². The van der Waals surface area contributed by atoms with Gasteiger partial charge in [0.1, 0.15) is 13.2 Å². The molecule has 0 aliphatic carbocycles. The van der Waals surface area contributed by atoms with E-state index in [1.807, 2.05) is 0 Å². The largest absolute Gasteiger partial charge is 0.499 e. The molecule has 1 N–H and O–H groups in total. The second-order valence-electron chi connectivity index (χ2n) is 2.00. The maximum Gasteiger partial charge on any atom is 0.111 e. The number of aliphatic hydroxyl groups excluding tert-OH is 1. The minimum absolute atomic E-state index is 0.250. The van der Waals surface area contributed by atoms with Gasteiger partial charge in [0.25, 0.3) is 0 Å². The van der Waals surface area contributed by atoms with Gasteiger partial charge in [0, 0.05) is 6.61 Å². The van der Waals surface area contributed by atoms with Crippen LogP contribution in [0.15, 0.2) is 25.7 Å². The van der Waals surface area contributed by atoms with Crippen LogP contribution in [0.1, 0.15) is 6.92 Å². The molecule has 14 heavy (non-hydrogen) atoms. The minimum atomic E-state index is 0.250. The molecule has 0 aromatic heterocycles. The van der Waals surface area contributed by atoms with E-state index in [4.69, 9.17) is 19.3 Å². The molecule has 0 unspecified atom stereocenters. The first-order valence-electron chi connectivity index (χ1n) is 4.47. The maximum absolute atomic E-state index is 7.57. The number of hydrogen-bond donors (Lipinski definition) is 1. The Hall–Kier alpha value is -1.00. The Morgan fingerprint density at radius 1 is 1.00 bits per heavy atom. The molecule has 0 aromatic carbocycles. The molecule has 0 aliphatic rings. The zero-order chi connectivity index (χ0) is 11.1. The average molecular weight is 204 g/mol. The summed E-state index contributed by atoms with van der Waals surface area (Å²) in [6.45, 7) is 10.9. The lowest BCUT2D eigenvalue weighted by Crippen LogP contribution is -2.06. The first-order chi connectivity index (χ1) is 6.83. The van der Waals surface area contributed by atoms with Gasteiger partial charge in [0.05, 0.1) is 25.7 Å². The maximum atomic E-state index is 7.57. The highest BCUT2D eigenvalue weighted by atomic mass is 16.5. The van der Waals surface area contributed by atoms with E-state index in [2.05, 4.69) is 13.2 Å². The summed E-state index contributed by atoms with van der Waals surface area (Å²) >= 11 is 0. The SMILES string of the molecule is C=COCCOCCOC=C.CCO. The van der Waals surface area contributed by atoms with Crippen molar-refractivity contribution >= 4 is 0 Å². The number of hydrogen-bond acceptors (Lipinski definition) is 4. The van der Waals surface area contributed by atoms with Gasteiger partial charge < -0.3 is 19.3 Å². The number of rotatable bonds is 8. The van der Waals surface area contributed by atoms with Crippen LogP contribution in [0.3, 0.4) is 0 Å². The molecule has 0 bridgehead atoms. The van der Waals surface area contributed by atoms with Crippen molar-refractivity contribution in [1.82, 2.24) is 0 Å². The van der Waals surface area contributed by atoms with Crippen LogP contribution in [0.5, 0.6) is 0 Å². The average Bonchev–Trinajstić information content (AvgIpc) is 2.18. The zero-order valence-corrected chi connectivity index (χ0v) is 8.78. The highest BCUT2D eigenvalue weighted by Gasteiger charge is 1.86. The van der Waals surface area contributed by atoms with Crippen molar-refractivity contribution in [1.29, 1.82) is 0 Å². The highest BCUT2D eigenvalue weighted by molar-refractivity contribution is 4.49. The van der Waals surface area contributed by atoms with Crippen molar-refractivity contribution in [3.63, 3.8) is 0 Å². The van der Waals surface area contributed by atoms with E-state index in [0.717, 1.165) is 0 Å². The van der Waals surface area contributed by atoms with Gasteiger partial charge in [-0.15, -0.1) is 0 Å². The third kappa shape index (κ3) is 22.4.